The number of amides is 1. The lowest BCUT2D eigenvalue weighted by atomic mass is 10.0. The number of carbonyl (C=O) groups excluding carboxylic acids is 1. The second-order valence-corrected chi connectivity index (χ2v) is 5.49. The minimum absolute atomic E-state index is 0. The van der Waals surface area contributed by atoms with E-state index in [0.29, 0.717) is 12.3 Å². The van der Waals surface area contributed by atoms with Gasteiger partial charge >= 0.3 is 6.18 Å². The van der Waals surface area contributed by atoms with Crippen molar-refractivity contribution in [2.24, 2.45) is 5.92 Å². The molecule has 136 valence electrons. The third kappa shape index (κ3) is 6.92. The van der Waals surface area contributed by atoms with Crippen LogP contribution in [0.2, 0.25) is 0 Å². The van der Waals surface area contributed by atoms with E-state index in [0.717, 1.165) is 31.6 Å². The van der Waals surface area contributed by atoms with Gasteiger partial charge in [-0.15, -0.1) is 12.4 Å². The fourth-order valence-corrected chi connectivity index (χ4v) is 2.39. The largest absolute Gasteiger partial charge is 0.482 e. The van der Waals surface area contributed by atoms with Gasteiger partial charge in [0.1, 0.15) is 11.6 Å². The molecule has 1 aromatic rings. The molecule has 0 aromatic heterocycles. The lowest BCUT2D eigenvalue weighted by Crippen LogP contribution is -2.20. The average Bonchev–Trinajstić information content (AvgIpc) is 2.98. The lowest BCUT2D eigenvalue weighted by Gasteiger charge is -2.14. The van der Waals surface area contributed by atoms with Gasteiger partial charge in [-0.05, 0) is 44.0 Å². The van der Waals surface area contributed by atoms with Gasteiger partial charge in [0.05, 0.1) is 5.69 Å². The molecule has 1 aromatic carbocycles. The molecule has 0 saturated carbocycles. The normalized spacial score (nSPS) is 17.2. The summed E-state index contributed by atoms with van der Waals surface area (Å²) < 4.78 is 54.4. The van der Waals surface area contributed by atoms with E-state index in [-0.39, 0.29) is 36.2 Å². The molecular weight excluding hydrogens is 352 g/mol. The number of anilines is 1. The Balaban J connectivity index is 0.00000288. The first-order valence-corrected chi connectivity index (χ1v) is 7.33. The zero-order chi connectivity index (χ0) is 16.9. The van der Waals surface area contributed by atoms with E-state index < -0.39 is 18.6 Å². The van der Waals surface area contributed by atoms with Crippen molar-refractivity contribution in [3.8, 4) is 5.75 Å². The van der Waals surface area contributed by atoms with Crippen molar-refractivity contribution < 1.29 is 27.1 Å². The molecule has 2 rings (SSSR count). The van der Waals surface area contributed by atoms with Crippen LogP contribution >= 0.6 is 12.4 Å². The van der Waals surface area contributed by atoms with Gasteiger partial charge in [0.15, 0.2) is 6.61 Å². The van der Waals surface area contributed by atoms with E-state index >= 15 is 0 Å². The molecule has 0 spiro atoms. The Morgan fingerprint density at radius 1 is 1.38 bits per heavy atom. The minimum Gasteiger partial charge on any atom is -0.482 e. The number of nitrogens with one attached hydrogen (secondary N) is 2. The van der Waals surface area contributed by atoms with Crippen LogP contribution in [0.1, 0.15) is 19.3 Å². The standard InChI is InChI=1S/C15H18F4N2O2.ClH/c16-11-2-3-12(13(7-11)23-9-15(17,18)19)21-14(22)4-1-10-5-6-20-8-10;/h2-3,7,10,20H,1,4-6,8-9H2,(H,21,22);1H. The Labute approximate surface area is 143 Å². The predicted octanol–water partition coefficient (Wildman–Crippen LogP) is 3.52. The zero-order valence-electron chi connectivity index (χ0n) is 12.8. The van der Waals surface area contributed by atoms with Crippen LogP contribution < -0.4 is 15.4 Å². The van der Waals surface area contributed by atoms with Gasteiger partial charge in [0.25, 0.3) is 0 Å². The van der Waals surface area contributed by atoms with E-state index in [2.05, 4.69) is 15.4 Å². The van der Waals surface area contributed by atoms with Crippen molar-refractivity contribution in [3.05, 3.63) is 24.0 Å². The molecule has 1 saturated heterocycles. The van der Waals surface area contributed by atoms with Crippen LogP contribution in [0.15, 0.2) is 18.2 Å². The topological polar surface area (TPSA) is 50.4 Å². The maximum Gasteiger partial charge on any atom is 0.422 e. The summed E-state index contributed by atoms with van der Waals surface area (Å²) in [4.78, 5) is 11.9. The highest BCUT2D eigenvalue weighted by Gasteiger charge is 2.29. The fourth-order valence-electron chi connectivity index (χ4n) is 2.39. The first-order valence-electron chi connectivity index (χ1n) is 7.33. The number of rotatable bonds is 6. The number of carbonyl (C=O) groups is 1. The van der Waals surface area contributed by atoms with E-state index in [1.165, 1.54) is 6.07 Å². The molecule has 24 heavy (non-hydrogen) atoms. The fraction of sp³-hybridized carbons (Fsp3) is 0.533. The van der Waals surface area contributed by atoms with Gasteiger partial charge in [0.2, 0.25) is 5.91 Å². The van der Waals surface area contributed by atoms with Crippen molar-refractivity contribution >= 4 is 24.0 Å². The van der Waals surface area contributed by atoms with Gasteiger partial charge < -0.3 is 15.4 Å². The molecule has 2 N–H and O–H groups in total. The van der Waals surface area contributed by atoms with Crippen LogP contribution in [-0.2, 0) is 4.79 Å². The number of halogens is 5. The van der Waals surface area contributed by atoms with Crippen molar-refractivity contribution in [2.75, 3.05) is 25.0 Å². The summed E-state index contributed by atoms with van der Waals surface area (Å²) in [7, 11) is 0. The first-order chi connectivity index (χ1) is 10.8. The van der Waals surface area contributed by atoms with E-state index in [1.807, 2.05) is 0 Å². The van der Waals surface area contributed by atoms with Crippen LogP contribution in [0, 0.1) is 11.7 Å². The van der Waals surface area contributed by atoms with E-state index in [9.17, 15) is 22.4 Å². The summed E-state index contributed by atoms with van der Waals surface area (Å²) in [6, 6.07) is 3.06. The number of ether oxygens (including phenoxy) is 1. The van der Waals surface area contributed by atoms with Gasteiger partial charge in [-0.1, -0.05) is 0 Å². The van der Waals surface area contributed by atoms with Gasteiger partial charge in [-0.3, -0.25) is 4.79 Å². The van der Waals surface area contributed by atoms with Gasteiger partial charge in [-0.25, -0.2) is 4.39 Å². The van der Waals surface area contributed by atoms with Crippen molar-refractivity contribution in [1.82, 2.24) is 5.32 Å². The van der Waals surface area contributed by atoms with Gasteiger partial charge in [0, 0.05) is 12.5 Å². The summed E-state index contributed by atoms with van der Waals surface area (Å²) >= 11 is 0. The number of benzene rings is 1. The molecule has 9 heteroatoms. The van der Waals surface area contributed by atoms with E-state index in [1.54, 1.807) is 0 Å². The molecule has 1 heterocycles. The molecule has 1 amide bonds. The Morgan fingerprint density at radius 3 is 2.75 bits per heavy atom. The first kappa shape index (κ1) is 20.5. The third-order valence-corrected chi connectivity index (χ3v) is 3.55. The van der Waals surface area contributed by atoms with Crippen LogP contribution in [0.3, 0.4) is 0 Å². The van der Waals surface area contributed by atoms with Crippen LogP contribution in [0.25, 0.3) is 0 Å². The summed E-state index contributed by atoms with van der Waals surface area (Å²) in [6.45, 7) is 0.247. The quantitative estimate of drug-likeness (QED) is 0.753. The highest BCUT2D eigenvalue weighted by Crippen LogP contribution is 2.28. The highest BCUT2D eigenvalue weighted by molar-refractivity contribution is 5.92. The summed E-state index contributed by atoms with van der Waals surface area (Å²) in [5.74, 6) is -0.981. The molecule has 4 nitrogen and oxygen atoms in total. The molecule has 1 aliphatic heterocycles. The van der Waals surface area contributed by atoms with Crippen molar-refractivity contribution in [3.63, 3.8) is 0 Å². The SMILES string of the molecule is Cl.O=C(CCC1CCNC1)Nc1ccc(F)cc1OCC(F)(F)F. The summed E-state index contributed by atoms with van der Waals surface area (Å²) in [5.41, 5.74) is 0.0326. The van der Waals surface area contributed by atoms with Crippen molar-refractivity contribution in [1.29, 1.82) is 0 Å². The van der Waals surface area contributed by atoms with Crippen molar-refractivity contribution in [2.45, 2.75) is 25.4 Å². The van der Waals surface area contributed by atoms with Crippen LogP contribution in [0.4, 0.5) is 23.2 Å². The molecule has 0 bridgehead atoms. The second-order valence-electron chi connectivity index (χ2n) is 5.49. The minimum atomic E-state index is -4.54. The Kier molecular flexibility index (Phi) is 7.75. The van der Waals surface area contributed by atoms with Gasteiger partial charge in [-0.2, -0.15) is 13.2 Å². The molecular formula is C15H19ClF4N2O2. The van der Waals surface area contributed by atoms with Crippen LogP contribution in [-0.4, -0.2) is 31.8 Å². The third-order valence-electron chi connectivity index (χ3n) is 3.55. The lowest BCUT2D eigenvalue weighted by molar-refractivity contribution is -0.153. The molecule has 1 aliphatic rings. The second kappa shape index (κ2) is 9.08. The monoisotopic (exact) mass is 370 g/mol. The molecule has 0 aliphatic carbocycles. The van der Waals surface area contributed by atoms with E-state index in [4.69, 9.17) is 0 Å². The zero-order valence-corrected chi connectivity index (χ0v) is 13.6. The number of alkyl halides is 3. The molecule has 1 fully saturated rings. The Bertz CT molecular complexity index is 549. The molecule has 1 unspecified atom stereocenters. The smallest absolute Gasteiger partial charge is 0.422 e. The predicted molar refractivity (Wildman–Crippen MR) is 84.0 cm³/mol. The maximum absolute atomic E-state index is 13.2. The number of hydrogen-bond donors (Lipinski definition) is 2. The number of hydrogen-bond acceptors (Lipinski definition) is 3. The average molecular weight is 371 g/mol. The summed E-state index contributed by atoms with van der Waals surface area (Å²) in [5, 5.41) is 5.67. The highest BCUT2D eigenvalue weighted by atomic mass is 35.5. The Morgan fingerprint density at radius 2 is 2.12 bits per heavy atom. The van der Waals surface area contributed by atoms with Crippen LogP contribution in [0.5, 0.6) is 5.75 Å². The maximum atomic E-state index is 13.2. The Hall–Kier alpha value is -1.54. The molecule has 1 atom stereocenters. The summed E-state index contributed by atoms with van der Waals surface area (Å²) in [6.07, 6.45) is -2.59. The molecule has 0 radical (unpaired) electrons.